The van der Waals surface area contributed by atoms with Gasteiger partial charge in [-0.3, -0.25) is 4.68 Å². The highest BCUT2D eigenvalue weighted by Gasteiger charge is 2.44. The van der Waals surface area contributed by atoms with Crippen molar-refractivity contribution in [3.63, 3.8) is 0 Å². The first-order valence-corrected chi connectivity index (χ1v) is 10.0. The number of nitrogens with zero attached hydrogens (tertiary/aromatic N) is 3. The van der Waals surface area contributed by atoms with Gasteiger partial charge in [0, 0.05) is 31.4 Å². The van der Waals surface area contributed by atoms with Crippen LogP contribution >= 0.6 is 0 Å². The normalized spacial score (nSPS) is 31.9. The molecule has 4 bridgehead atoms. The van der Waals surface area contributed by atoms with Crippen LogP contribution in [-0.4, -0.2) is 39.8 Å². The number of amides is 2. The first kappa shape index (κ1) is 16.9. The number of hydrogen-bond donors (Lipinski definition) is 1. The zero-order chi connectivity index (χ0) is 17.6. The van der Waals surface area contributed by atoms with Crippen molar-refractivity contribution in [3.8, 4) is 0 Å². The molecule has 4 fully saturated rings. The average Bonchev–Trinajstić information content (AvgIpc) is 2.72. The first-order valence-electron chi connectivity index (χ1n) is 10.0. The van der Waals surface area contributed by atoms with Crippen molar-refractivity contribution in [2.45, 2.75) is 65.5 Å². The van der Waals surface area contributed by atoms with Gasteiger partial charge in [0.25, 0.3) is 0 Å². The monoisotopic (exact) mass is 344 g/mol. The van der Waals surface area contributed by atoms with E-state index in [2.05, 4.69) is 39.9 Å². The SMILES string of the molecule is Cc1cc(C)n(C[C@H](C)CNC(=O)N2CC3C[C@@H]4CC2C[C@H](C3)C4)n1. The van der Waals surface area contributed by atoms with Gasteiger partial charge in [-0.1, -0.05) is 6.92 Å². The van der Waals surface area contributed by atoms with E-state index in [4.69, 9.17) is 0 Å². The van der Waals surface area contributed by atoms with Crippen LogP contribution in [-0.2, 0) is 6.54 Å². The van der Waals surface area contributed by atoms with Crippen LogP contribution in [0.2, 0.25) is 0 Å². The standard InChI is InChI=1S/C20H32N4O/c1-13(11-24-15(3)4-14(2)22-24)10-21-20(25)23-12-18-6-16-5-17(7-18)9-19(23)8-16/h4,13,16-19H,5-12H2,1-3H3,(H,21,25)/t13-,16-,17+,18?,19?/m1/s1. The van der Waals surface area contributed by atoms with Crippen LogP contribution in [0.1, 0.15) is 50.4 Å². The van der Waals surface area contributed by atoms with Crippen molar-refractivity contribution >= 4 is 6.03 Å². The fourth-order valence-corrected chi connectivity index (χ4v) is 5.62. The number of rotatable bonds is 4. The van der Waals surface area contributed by atoms with Gasteiger partial charge in [-0.2, -0.15) is 5.10 Å². The van der Waals surface area contributed by atoms with Gasteiger partial charge in [0.15, 0.2) is 0 Å². The molecular formula is C20H32N4O. The molecule has 0 spiro atoms. The third-order valence-corrected chi connectivity index (χ3v) is 6.56. The largest absolute Gasteiger partial charge is 0.338 e. The summed E-state index contributed by atoms with van der Waals surface area (Å²) in [6.07, 6.45) is 6.60. The number of nitrogens with one attached hydrogen (secondary N) is 1. The molecule has 2 aliphatic carbocycles. The minimum absolute atomic E-state index is 0.165. The van der Waals surface area contributed by atoms with Crippen molar-refractivity contribution < 1.29 is 4.79 Å². The van der Waals surface area contributed by atoms with Crippen molar-refractivity contribution in [1.29, 1.82) is 0 Å². The van der Waals surface area contributed by atoms with E-state index in [1.807, 2.05) is 6.92 Å². The van der Waals surface area contributed by atoms with Crippen molar-refractivity contribution in [2.75, 3.05) is 13.1 Å². The second-order valence-electron chi connectivity index (χ2n) is 8.98. The van der Waals surface area contributed by atoms with Gasteiger partial charge in [-0.15, -0.1) is 0 Å². The van der Waals surface area contributed by atoms with Gasteiger partial charge in [0.1, 0.15) is 0 Å². The molecule has 4 aliphatic rings. The summed E-state index contributed by atoms with van der Waals surface area (Å²) in [4.78, 5) is 15.0. The van der Waals surface area contributed by atoms with Crippen LogP contribution in [0.25, 0.3) is 0 Å². The quantitative estimate of drug-likeness (QED) is 0.910. The van der Waals surface area contributed by atoms with E-state index < -0.39 is 0 Å². The molecular weight excluding hydrogens is 312 g/mol. The van der Waals surface area contributed by atoms with Gasteiger partial charge in [-0.25, -0.2) is 4.79 Å². The van der Waals surface area contributed by atoms with E-state index in [-0.39, 0.29) is 6.03 Å². The maximum absolute atomic E-state index is 12.8. The van der Waals surface area contributed by atoms with Crippen LogP contribution in [0, 0.1) is 37.5 Å². The zero-order valence-electron chi connectivity index (χ0n) is 15.9. The van der Waals surface area contributed by atoms with Crippen LogP contribution < -0.4 is 5.32 Å². The second-order valence-corrected chi connectivity index (χ2v) is 8.98. The van der Waals surface area contributed by atoms with E-state index >= 15 is 0 Å². The highest BCUT2D eigenvalue weighted by Crippen LogP contribution is 2.47. The molecule has 2 aliphatic heterocycles. The highest BCUT2D eigenvalue weighted by molar-refractivity contribution is 5.74. The van der Waals surface area contributed by atoms with E-state index in [1.54, 1.807) is 0 Å². The van der Waals surface area contributed by atoms with Crippen molar-refractivity contribution in [1.82, 2.24) is 20.0 Å². The Bertz CT molecular complexity index is 626. The molecule has 0 radical (unpaired) electrons. The highest BCUT2D eigenvalue weighted by atomic mass is 16.2. The van der Waals surface area contributed by atoms with Gasteiger partial charge in [0.2, 0.25) is 0 Å². The summed E-state index contributed by atoms with van der Waals surface area (Å²) in [7, 11) is 0. The van der Waals surface area contributed by atoms with E-state index in [9.17, 15) is 4.79 Å². The third-order valence-electron chi connectivity index (χ3n) is 6.56. The number of carbonyl (C=O) groups excluding carboxylic acids is 1. The summed E-state index contributed by atoms with van der Waals surface area (Å²) >= 11 is 0. The lowest BCUT2D eigenvalue weighted by atomic mass is 9.68. The summed E-state index contributed by atoms with van der Waals surface area (Å²) in [6, 6.07) is 2.76. The molecule has 2 unspecified atom stereocenters. The Balaban J connectivity index is 1.32. The van der Waals surface area contributed by atoms with Crippen LogP contribution in [0.3, 0.4) is 0 Å². The second kappa shape index (κ2) is 6.65. The molecule has 1 aromatic heterocycles. The molecule has 1 aromatic rings. The Morgan fingerprint density at radius 1 is 1.20 bits per heavy atom. The molecule has 5 nitrogen and oxygen atoms in total. The fourth-order valence-electron chi connectivity index (χ4n) is 5.62. The molecule has 5 heteroatoms. The molecule has 2 amide bonds. The maximum Gasteiger partial charge on any atom is 0.317 e. The predicted molar refractivity (Wildman–Crippen MR) is 98.3 cm³/mol. The fraction of sp³-hybridized carbons (Fsp3) is 0.800. The molecule has 2 saturated carbocycles. The lowest BCUT2D eigenvalue weighted by Gasteiger charge is -2.39. The lowest BCUT2D eigenvalue weighted by molar-refractivity contribution is 0.131. The number of urea groups is 1. The van der Waals surface area contributed by atoms with Crippen LogP contribution in [0.5, 0.6) is 0 Å². The van der Waals surface area contributed by atoms with Gasteiger partial charge in [-0.05, 0) is 75.7 Å². The van der Waals surface area contributed by atoms with Gasteiger partial charge in [0.05, 0.1) is 5.69 Å². The number of carbonyl (C=O) groups is 1. The Morgan fingerprint density at radius 3 is 2.52 bits per heavy atom. The van der Waals surface area contributed by atoms with E-state index in [1.165, 1.54) is 37.8 Å². The topological polar surface area (TPSA) is 50.2 Å². The molecule has 5 atom stereocenters. The van der Waals surface area contributed by atoms with E-state index in [0.29, 0.717) is 12.0 Å². The van der Waals surface area contributed by atoms with Crippen LogP contribution in [0.4, 0.5) is 4.79 Å². The molecule has 25 heavy (non-hydrogen) atoms. The predicted octanol–water partition coefficient (Wildman–Crippen LogP) is 3.36. The number of aryl methyl sites for hydroxylation is 2. The Morgan fingerprint density at radius 2 is 1.88 bits per heavy atom. The molecule has 0 aromatic carbocycles. The van der Waals surface area contributed by atoms with Crippen molar-refractivity contribution in [3.05, 3.63) is 17.5 Å². The minimum Gasteiger partial charge on any atom is -0.338 e. The first-order chi connectivity index (χ1) is 12.0. The Kier molecular flexibility index (Phi) is 4.50. The molecule has 138 valence electrons. The number of fused-ring (bicyclic) bond motifs is 1. The number of hydrogen-bond acceptors (Lipinski definition) is 2. The Hall–Kier alpha value is -1.52. The number of aromatic nitrogens is 2. The zero-order valence-corrected chi connectivity index (χ0v) is 15.9. The summed E-state index contributed by atoms with van der Waals surface area (Å²) in [5.74, 6) is 2.88. The van der Waals surface area contributed by atoms with E-state index in [0.717, 1.165) is 43.1 Å². The summed E-state index contributed by atoms with van der Waals surface area (Å²) in [5, 5.41) is 7.74. The van der Waals surface area contributed by atoms with Gasteiger partial charge < -0.3 is 10.2 Å². The minimum atomic E-state index is 0.165. The average molecular weight is 345 g/mol. The van der Waals surface area contributed by atoms with Crippen molar-refractivity contribution in [2.24, 2.45) is 23.7 Å². The maximum atomic E-state index is 12.8. The lowest BCUT2D eigenvalue weighted by Crippen LogP contribution is -2.48. The summed E-state index contributed by atoms with van der Waals surface area (Å²) in [5.41, 5.74) is 2.25. The summed E-state index contributed by atoms with van der Waals surface area (Å²) < 4.78 is 2.05. The molecule has 5 rings (SSSR count). The van der Waals surface area contributed by atoms with Crippen LogP contribution in [0.15, 0.2) is 6.07 Å². The summed E-state index contributed by atoms with van der Waals surface area (Å²) in [6.45, 7) is 8.86. The molecule has 1 N–H and O–H groups in total. The third kappa shape index (κ3) is 3.56. The molecule has 3 heterocycles. The Labute approximate surface area is 151 Å². The van der Waals surface area contributed by atoms with Gasteiger partial charge >= 0.3 is 6.03 Å². The smallest absolute Gasteiger partial charge is 0.317 e. The molecule has 2 saturated heterocycles.